The Morgan fingerprint density at radius 1 is 1.35 bits per heavy atom. The highest BCUT2D eigenvalue weighted by Gasteiger charge is 2.27. The lowest BCUT2D eigenvalue weighted by atomic mass is 9.97. The average Bonchev–Trinajstić information content (AvgIpc) is 3.01. The van der Waals surface area contributed by atoms with Gasteiger partial charge in [-0.15, -0.1) is 0 Å². The quantitative estimate of drug-likeness (QED) is 0.859. The molecule has 0 radical (unpaired) electrons. The van der Waals surface area contributed by atoms with E-state index in [-0.39, 0.29) is 22.9 Å². The fourth-order valence-corrected chi connectivity index (χ4v) is 2.65. The molecule has 0 saturated carbocycles. The Morgan fingerprint density at radius 2 is 2.25 bits per heavy atom. The van der Waals surface area contributed by atoms with Gasteiger partial charge in [-0.1, -0.05) is 0 Å². The summed E-state index contributed by atoms with van der Waals surface area (Å²) in [6, 6.07) is 3.24. The number of hydrogen-bond donors (Lipinski definition) is 2. The lowest BCUT2D eigenvalue weighted by molar-refractivity contribution is 0.0703. The normalized spacial score (nSPS) is 19.0. The van der Waals surface area contributed by atoms with Gasteiger partial charge in [-0.25, -0.2) is 4.98 Å². The molecule has 3 heterocycles. The number of pyridine rings is 1. The van der Waals surface area contributed by atoms with Gasteiger partial charge in [0.05, 0.1) is 0 Å². The molecule has 0 aliphatic carbocycles. The van der Waals surface area contributed by atoms with Gasteiger partial charge in [0.2, 0.25) is 0 Å². The summed E-state index contributed by atoms with van der Waals surface area (Å²) in [5, 5.41) is 0. The number of H-pyrrole nitrogens is 2. The van der Waals surface area contributed by atoms with Gasteiger partial charge in [0.1, 0.15) is 11.4 Å². The molecule has 20 heavy (non-hydrogen) atoms. The predicted molar refractivity (Wildman–Crippen MR) is 73.5 cm³/mol. The molecule has 1 amide bonds. The van der Waals surface area contributed by atoms with Crippen molar-refractivity contribution in [1.29, 1.82) is 0 Å². The van der Waals surface area contributed by atoms with E-state index in [1.165, 1.54) is 6.20 Å². The number of aromatic nitrogens is 3. The molecule has 1 saturated heterocycles. The Balaban J connectivity index is 1.79. The van der Waals surface area contributed by atoms with Crippen molar-refractivity contribution in [2.45, 2.75) is 18.8 Å². The zero-order chi connectivity index (χ0) is 13.9. The molecule has 1 fully saturated rings. The van der Waals surface area contributed by atoms with E-state index in [2.05, 4.69) is 15.0 Å². The lowest BCUT2D eigenvalue weighted by Gasteiger charge is -2.31. The van der Waals surface area contributed by atoms with Crippen LogP contribution in [0.25, 0.3) is 0 Å². The minimum atomic E-state index is -0.336. The molecule has 6 nitrogen and oxygen atoms in total. The van der Waals surface area contributed by atoms with Crippen molar-refractivity contribution in [1.82, 2.24) is 19.9 Å². The zero-order valence-electron chi connectivity index (χ0n) is 11.0. The second-order valence-electron chi connectivity index (χ2n) is 4.98. The van der Waals surface area contributed by atoms with Crippen LogP contribution in [0.15, 0.2) is 35.5 Å². The van der Waals surface area contributed by atoms with E-state index < -0.39 is 0 Å². The number of amides is 1. The van der Waals surface area contributed by atoms with Crippen LogP contribution in [0.1, 0.15) is 34.9 Å². The number of nitrogens with zero attached hydrogens (tertiary/aromatic N) is 2. The molecule has 2 aromatic heterocycles. The Labute approximate surface area is 115 Å². The average molecular weight is 272 g/mol. The number of hydrogen-bond acceptors (Lipinski definition) is 3. The summed E-state index contributed by atoms with van der Waals surface area (Å²) < 4.78 is 0. The van der Waals surface area contributed by atoms with Crippen LogP contribution in [0, 0.1) is 0 Å². The Hall–Kier alpha value is -2.37. The van der Waals surface area contributed by atoms with E-state index in [1.807, 2.05) is 0 Å². The summed E-state index contributed by atoms with van der Waals surface area (Å²) in [4.78, 5) is 35.7. The van der Waals surface area contributed by atoms with Crippen molar-refractivity contribution in [2.75, 3.05) is 13.1 Å². The number of likely N-dealkylation sites (tertiary alicyclic amines) is 1. The highest BCUT2D eigenvalue weighted by Crippen LogP contribution is 2.24. The molecule has 0 unspecified atom stereocenters. The fraction of sp³-hybridized carbons (Fsp3) is 0.357. The lowest BCUT2D eigenvalue weighted by Crippen LogP contribution is -2.41. The minimum absolute atomic E-state index is 0.201. The van der Waals surface area contributed by atoms with Gasteiger partial charge >= 0.3 is 0 Å². The molecular weight excluding hydrogens is 256 g/mol. The van der Waals surface area contributed by atoms with Gasteiger partial charge in [0.15, 0.2) is 0 Å². The van der Waals surface area contributed by atoms with E-state index in [0.29, 0.717) is 13.1 Å². The smallest absolute Gasteiger partial charge is 0.260 e. The Morgan fingerprint density at radius 3 is 3.00 bits per heavy atom. The highest BCUT2D eigenvalue weighted by atomic mass is 16.2. The maximum atomic E-state index is 12.4. The van der Waals surface area contributed by atoms with Crippen LogP contribution in [-0.4, -0.2) is 38.8 Å². The monoisotopic (exact) mass is 272 g/mol. The number of carbonyl (C=O) groups is 1. The van der Waals surface area contributed by atoms with Crippen LogP contribution in [-0.2, 0) is 0 Å². The Kier molecular flexibility index (Phi) is 3.37. The number of carbonyl (C=O) groups excluding carboxylic acids is 1. The summed E-state index contributed by atoms with van der Waals surface area (Å²) in [6.45, 7) is 1.28. The Bertz CT molecular complexity index is 647. The fourth-order valence-electron chi connectivity index (χ4n) is 2.65. The van der Waals surface area contributed by atoms with Crippen molar-refractivity contribution in [3.63, 3.8) is 0 Å². The van der Waals surface area contributed by atoms with Crippen molar-refractivity contribution >= 4 is 5.91 Å². The van der Waals surface area contributed by atoms with Crippen LogP contribution in [0.5, 0.6) is 0 Å². The number of nitrogens with one attached hydrogen (secondary N) is 2. The van der Waals surface area contributed by atoms with Gasteiger partial charge < -0.3 is 14.9 Å². The molecule has 0 bridgehead atoms. The molecule has 104 valence electrons. The van der Waals surface area contributed by atoms with Gasteiger partial charge in [0.25, 0.3) is 11.5 Å². The number of piperidine rings is 1. The molecule has 1 aliphatic rings. The van der Waals surface area contributed by atoms with Crippen molar-refractivity contribution in [3.8, 4) is 0 Å². The first kappa shape index (κ1) is 12.7. The number of imidazole rings is 1. The van der Waals surface area contributed by atoms with Gasteiger partial charge in [0, 0.05) is 37.6 Å². The second-order valence-corrected chi connectivity index (χ2v) is 4.98. The van der Waals surface area contributed by atoms with Crippen LogP contribution < -0.4 is 5.56 Å². The summed E-state index contributed by atoms with van der Waals surface area (Å²) in [7, 11) is 0. The van der Waals surface area contributed by atoms with Crippen LogP contribution in [0.4, 0.5) is 0 Å². The van der Waals surface area contributed by atoms with Crippen LogP contribution >= 0.6 is 0 Å². The summed E-state index contributed by atoms with van der Waals surface area (Å²) >= 11 is 0. The van der Waals surface area contributed by atoms with Crippen LogP contribution in [0.2, 0.25) is 0 Å². The number of rotatable bonds is 2. The third-order valence-corrected chi connectivity index (χ3v) is 3.66. The summed E-state index contributed by atoms with van der Waals surface area (Å²) in [5.74, 6) is 0.915. The highest BCUT2D eigenvalue weighted by molar-refractivity contribution is 5.93. The molecule has 1 atom stereocenters. The molecule has 3 rings (SSSR count). The second kappa shape index (κ2) is 5.32. The van der Waals surface area contributed by atoms with Crippen LogP contribution in [0.3, 0.4) is 0 Å². The van der Waals surface area contributed by atoms with Crippen molar-refractivity contribution < 1.29 is 4.79 Å². The maximum absolute atomic E-state index is 12.4. The van der Waals surface area contributed by atoms with Crippen molar-refractivity contribution in [2.24, 2.45) is 0 Å². The maximum Gasteiger partial charge on any atom is 0.260 e. The van der Waals surface area contributed by atoms with E-state index in [9.17, 15) is 9.59 Å². The molecule has 1 aliphatic heterocycles. The molecule has 0 aromatic carbocycles. The third-order valence-electron chi connectivity index (χ3n) is 3.66. The summed E-state index contributed by atoms with van der Waals surface area (Å²) in [6.07, 6.45) is 6.96. The standard InChI is InChI=1S/C14H16N4O2/c19-13-11(4-1-5-17-13)14(20)18-8-2-3-10(9-18)12-15-6-7-16-12/h1,4-7,10H,2-3,8-9H2,(H,15,16)(H,17,19)/t10-/m1/s1. The van der Waals surface area contributed by atoms with Gasteiger partial charge in [-0.2, -0.15) is 0 Å². The first-order chi connectivity index (χ1) is 9.75. The van der Waals surface area contributed by atoms with Crippen molar-refractivity contribution in [3.05, 3.63) is 52.5 Å². The first-order valence-corrected chi connectivity index (χ1v) is 6.72. The first-order valence-electron chi connectivity index (χ1n) is 6.72. The van der Waals surface area contributed by atoms with E-state index in [4.69, 9.17) is 0 Å². The third kappa shape index (κ3) is 2.36. The largest absolute Gasteiger partial charge is 0.348 e. The molecule has 6 heteroatoms. The molecular formula is C14H16N4O2. The summed E-state index contributed by atoms with van der Waals surface area (Å²) in [5.41, 5.74) is -0.134. The molecule has 0 spiro atoms. The van der Waals surface area contributed by atoms with E-state index in [0.717, 1.165) is 18.7 Å². The predicted octanol–water partition coefficient (Wildman–Crippen LogP) is 1.12. The molecule has 2 N–H and O–H groups in total. The zero-order valence-corrected chi connectivity index (χ0v) is 11.0. The van der Waals surface area contributed by atoms with E-state index in [1.54, 1.807) is 29.4 Å². The van der Waals surface area contributed by atoms with Gasteiger partial charge in [-0.3, -0.25) is 9.59 Å². The van der Waals surface area contributed by atoms with E-state index >= 15 is 0 Å². The minimum Gasteiger partial charge on any atom is -0.348 e. The van der Waals surface area contributed by atoms with Gasteiger partial charge in [-0.05, 0) is 25.0 Å². The SMILES string of the molecule is O=C(c1ccc[nH]c1=O)N1CCC[C@@H](c2ncc[nH]2)C1. The molecule has 2 aromatic rings. The number of aromatic amines is 2. The topological polar surface area (TPSA) is 81.8 Å².